The summed E-state index contributed by atoms with van der Waals surface area (Å²) in [6, 6.07) is 10.4. The molecule has 28 heavy (non-hydrogen) atoms. The second kappa shape index (κ2) is 8.27. The number of aromatic nitrogens is 1. The van der Waals surface area contributed by atoms with Gasteiger partial charge in [0.1, 0.15) is 5.56 Å². The number of nitrogens with zero attached hydrogens (tertiary/aromatic N) is 1. The number of hydrogen-bond acceptors (Lipinski definition) is 6. The molecule has 0 aliphatic rings. The zero-order valence-electron chi connectivity index (χ0n) is 15.7. The van der Waals surface area contributed by atoms with Crippen LogP contribution >= 0.6 is 11.6 Å². The average Bonchev–Trinajstić information content (AvgIpc) is 2.70. The molecule has 3 aromatic rings. The number of halogens is 1. The van der Waals surface area contributed by atoms with Gasteiger partial charge in [0.15, 0.2) is 0 Å². The Morgan fingerprint density at radius 1 is 1.18 bits per heavy atom. The number of rotatable bonds is 5. The van der Waals surface area contributed by atoms with Gasteiger partial charge in [-0.05, 0) is 49.7 Å². The van der Waals surface area contributed by atoms with Crippen molar-refractivity contribution >= 4 is 45.8 Å². The standard InChI is InChI=1S/C21H19ClN2O4/c1-4-28-21(26)16-11-23-18-12(2)17(22)9-8-15(18)19(16)24-14-7-5-6-13(10-14)20(25)27-3/h5-11H,4H2,1-3H3,(H,23,24). The second-order valence-electron chi connectivity index (χ2n) is 6.03. The molecule has 1 aromatic heterocycles. The van der Waals surface area contributed by atoms with E-state index in [2.05, 4.69) is 10.3 Å². The topological polar surface area (TPSA) is 77.5 Å². The molecule has 1 N–H and O–H groups in total. The summed E-state index contributed by atoms with van der Waals surface area (Å²) < 4.78 is 9.94. The van der Waals surface area contributed by atoms with Gasteiger partial charge in [-0.3, -0.25) is 4.98 Å². The molecular formula is C21H19ClN2O4. The number of nitrogens with one attached hydrogen (secondary N) is 1. The molecule has 0 spiro atoms. The third-order valence-corrected chi connectivity index (χ3v) is 4.68. The van der Waals surface area contributed by atoms with Gasteiger partial charge < -0.3 is 14.8 Å². The smallest absolute Gasteiger partial charge is 0.341 e. The zero-order chi connectivity index (χ0) is 20.3. The summed E-state index contributed by atoms with van der Waals surface area (Å²) in [5.41, 5.74) is 3.31. The van der Waals surface area contributed by atoms with E-state index < -0.39 is 11.9 Å². The van der Waals surface area contributed by atoms with Crippen LogP contribution in [0.15, 0.2) is 42.6 Å². The molecule has 2 aromatic carbocycles. The highest BCUT2D eigenvalue weighted by atomic mass is 35.5. The first kappa shape index (κ1) is 19.6. The molecule has 0 aliphatic heterocycles. The summed E-state index contributed by atoms with van der Waals surface area (Å²) in [5, 5.41) is 4.53. The number of esters is 2. The van der Waals surface area contributed by atoms with E-state index in [4.69, 9.17) is 21.1 Å². The second-order valence-corrected chi connectivity index (χ2v) is 6.44. The Bertz CT molecular complexity index is 1070. The van der Waals surface area contributed by atoms with Crippen molar-refractivity contribution in [2.24, 2.45) is 0 Å². The van der Waals surface area contributed by atoms with Crippen LogP contribution in [0.4, 0.5) is 11.4 Å². The summed E-state index contributed by atoms with van der Waals surface area (Å²) in [7, 11) is 1.32. The lowest BCUT2D eigenvalue weighted by Crippen LogP contribution is -2.10. The molecule has 7 heteroatoms. The Kier molecular flexibility index (Phi) is 5.80. The molecule has 0 fully saturated rings. The lowest BCUT2D eigenvalue weighted by molar-refractivity contribution is 0.0526. The van der Waals surface area contributed by atoms with E-state index in [0.29, 0.717) is 33.0 Å². The third-order valence-electron chi connectivity index (χ3n) is 4.27. The number of carbonyl (C=O) groups is 2. The van der Waals surface area contributed by atoms with E-state index >= 15 is 0 Å². The molecule has 1 heterocycles. The van der Waals surface area contributed by atoms with Crippen molar-refractivity contribution in [2.75, 3.05) is 19.0 Å². The Morgan fingerprint density at radius 2 is 1.96 bits per heavy atom. The Hall–Kier alpha value is -3.12. The van der Waals surface area contributed by atoms with Crippen molar-refractivity contribution in [3.05, 3.63) is 64.3 Å². The molecule has 0 bridgehead atoms. The lowest BCUT2D eigenvalue weighted by Gasteiger charge is -2.16. The van der Waals surface area contributed by atoms with Gasteiger partial charge in [0.2, 0.25) is 0 Å². The van der Waals surface area contributed by atoms with E-state index in [0.717, 1.165) is 10.9 Å². The minimum Gasteiger partial charge on any atom is -0.465 e. The predicted molar refractivity (Wildman–Crippen MR) is 109 cm³/mol. The molecule has 0 saturated carbocycles. The summed E-state index contributed by atoms with van der Waals surface area (Å²) in [5.74, 6) is -0.937. The number of benzene rings is 2. The van der Waals surface area contributed by atoms with Crippen LogP contribution in [0.3, 0.4) is 0 Å². The Labute approximate surface area is 167 Å². The van der Waals surface area contributed by atoms with Crippen molar-refractivity contribution in [1.29, 1.82) is 0 Å². The minimum absolute atomic E-state index is 0.244. The largest absolute Gasteiger partial charge is 0.465 e. The fourth-order valence-electron chi connectivity index (χ4n) is 2.87. The number of ether oxygens (including phenoxy) is 2. The monoisotopic (exact) mass is 398 g/mol. The molecule has 0 saturated heterocycles. The molecule has 144 valence electrons. The van der Waals surface area contributed by atoms with Gasteiger partial charge in [-0.2, -0.15) is 0 Å². The molecule has 0 aliphatic carbocycles. The van der Waals surface area contributed by atoms with Crippen molar-refractivity contribution in [1.82, 2.24) is 4.98 Å². The molecule has 0 radical (unpaired) electrons. The number of carbonyl (C=O) groups excluding carboxylic acids is 2. The van der Waals surface area contributed by atoms with Gasteiger partial charge in [-0.1, -0.05) is 17.7 Å². The van der Waals surface area contributed by atoms with Crippen LogP contribution in [0.1, 0.15) is 33.2 Å². The maximum atomic E-state index is 12.5. The highest BCUT2D eigenvalue weighted by Crippen LogP contribution is 2.33. The summed E-state index contributed by atoms with van der Waals surface area (Å²) in [4.78, 5) is 28.7. The fraction of sp³-hybridized carbons (Fsp3) is 0.190. The summed E-state index contributed by atoms with van der Waals surface area (Å²) in [6.45, 7) is 3.85. The molecule has 0 amide bonds. The molecular weight excluding hydrogens is 380 g/mol. The quantitative estimate of drug-likeness (QED) is 0.615. The Morgan fingerprint density at radius 3 is 2.68 bits per heavy atom. The third kappa shape index (κ3) is 3.77. The first-order valence-electron chi connectivity index (χ1n) is 8.66. The molecule has 0 atom stereocenters. The van der Waals surface area contributed by atoms with Crippen LogP contribution in [0.25, 0.3) is 10.9 Å². The van der Waals surface area contributed by atoms with E-state index in [-0.39, 0.29) is 6.61 Å². The highest BCUT2D eigenvalue weighted by molar-refractivity contribution is 6.32. The van der Waals surface area contributed by atoms with Crippen LogP contribution in [0.5, 0.6) is 0 Å². The normalized spacial score (nSPS) is 10.6. The van der Waals surface area contributed by atoms with Crippen molar-refractivity contribution in [3.8, 4) is 0 Å². The van der Waals surface area contributed by atoms with Gasteiger partial charge in [0.25, 0.3) is 0 Å². The first-order chi connectivity index (χ1) is 13.5. The minimum atomic E-state index is -0.490. The first-order valence-corrected chi connectivity index (χ1v) is 9.04. The van der Waals surface area contributed by atoms with Crippen molar-refractivity contribution in [2.45, 2.75) is 13.8 Å². The number of pyridine rings is 1. The van der Waals surface area contributed by atoms with Gasteiger partial charge in [-0.25, -0.2) is 9.59 Å². The zero-order valence-corrected chi connectivity index (χ0v) is 16.5. The molecule has 6 nitrogen and oxygen atoms in total. The van der Waals surface area contributed by atoms with E-state index in [1.807, 2.05) is 6.92 Å². The lowest BCUT2D eigenvalue weighted by atomic mass is 10.1. The van der Waals surface area contributed by atoms with Crippen molar-refractivity contribution < 1.29 is 19.1 Å². The van der Waals surface area contributed by atoms with Gasteiger partial charge >= 0.3 is 11.9 Å². The summed E-state index contributed by atoms with van der Waals surface area (Å²) in [6.07, 6.45) is 1.47. The Balaban J connectivity index is 2.17. The average molecular weight is 399 g/mol. The number of fused-ring (bicyclic) bond motifs is 1. The van der Waals surface area contributed by atoms with E-state index in [1.54, 1.807) is 43.3 Å². The van der Waals surface area contributed by atoms with Crippen LogP contribution in [0, 0.1) is 6.92 Å². The van der Waals surface area contributed by atoms with Crippen LogP contribution < -0.4 is 5.32 Å². The van der Waals surface area contributed by atoms with Gasteiger partial charge in [0, 0.05) is 22.3 Å². The molecule has 3 rings (SSSR count). The number of methoxy groups -OCH3 is 1. The van der Waals surface area contributed by atoms with E-state index in [9.17, 15) is 9.59 Å². The predicted octanol–water partition coefficient (Wildman–Crippen LogP) is 4.90. The SMILES string of the molecule is CCOC(=O)c1cnc2c(C)c(Cl)ccc2c1Nc1cccc(C(=O)OC)c1. The van der Waals surface area contributed by atoms with E-state index in [1.165, 1.54) is 13.3 Å². The van der Waals surface area contributed by atoms with Crippen LogP contribution in [-0.2, 0) is 9.47 Å². The maximum Gasteiger partial charge on any atom is 0.341 e. The van der Waals surface area contributed by atoms with Crippen molar-refractivity contribution in [3.63, 3.8) is 0 Å². The maximum absolute atomic E-state index is 12.5. The number of aryl methyl sites for hydroxylation is 1. The number of hydrogen-bond donors (Lipinski definition) is 1. The van der Waals surface area contributed by atoms with Gasteiger partial charge in [0.05, 0.1) is 30.5 Å². The fourth-order valence-corrected chi connectivity index (χ4v) is 3.02. The highest BCUT2D eigenvalue weighted by Gasteiger charge is 2.19. The van der Waals surface area contributed by atoms with Gasteiger partial charge in [-0.15, -0.1) is 0 Å². The van der Waals surface area contributed by atoms with Crippen LogP contribution in [0.2, 0.25) is 5.02 Å². The number of anilines is 2. The molecule has 0 unspecified atom stereocenters. The van der Waals surface area contributed by atoms with Crippen LogP contribution in [-0.4, -0.2) is 30.6 Å². The summed E-state index contributed by atoms with van der Waals surface area (Å²) >= 11 is 6.22.